The zero-order chi connectivity index (χ0) is 56.3. The van der Waals surface area contributed by atoms with Gasteiger partial charge in [-0.15, -0.1) is 0 Å². The van der Waals surface area contributed by atoms with E-state index in [1.807, 2.05) is 0 Å². The quantitative estimate of drug-likeness (QED) is 0.0901. The zero-order valence-electron chi connectivity index (χ0n) is 47.6. The van der Waals surface area contributed by atoms with Gasteiger partial charge in [0, 0.05) is 51.5 Å². The standard InChI is InChI=1S/2C30H43NP2.C2H3N.2BF4.Ni/c2*1-5-14-26(15-6-1)30(27-16-7-2-8-17-27)31-24-32(28-18-9-3-10-19-28)22-13-23-33(25-31)29-20-11-4-12-21-29;1-2-3;2*2-1(3,4)5;/h2*1-2,5-8,14-17,28-30H,3-4,9-13,18-25H2;1H3;;;/q;;;2*-1;+2/p+4. The Labute approximate surface area is 491 Å². The van der Waals surface area contributed by atoms with Crippen molar-refractivity contribution >= 4 is 46.2 Å². The fourth-order valence-electron chi connectivity index (χ4n) is 14.1. The maximum absolute atomic E-state index is 9.75. The molecule has 4 aromatic carbocycles. The Kier molecular flexibility index (Phi) is 32.3. The number of halogens is 8. The van der Waals surface area contributed by atoms with Crippen LogP contribution in [0.3, 0.4) is 0 Å². The second-order valence-electron chi connectivity index (χ2n) is 23.2. The molecule has 10 rings (SSSR count). The number of nitrogens with zero attached hydrogens (tertiary/aromatic N) is 3. The van der Waals surface area contributed by atoms with E-state index in [4.69, 9.17) is 5.26 Å². The largest absolute Gasteiger partial charge is 2.00 e. The SMILES string of the molecule is CC#N.F[B-](F)(F)F.F[B-](F)(F)F.[Ni+2].c1ccc(C(c2ccccc2)N2C[PH+](C3CCCCC3)CCC[PH+](C3CCCCC3)C2)cc1.c1ccc(C(c2ccccc2)N2C[PH+](C3CCCCC3)CCC[PH+](C3CCCCC3)C2)cc1. The molecule has 0 amide bonds. The smallest absolute Gasteiger partial charge is 0.418 e. The van der Waals surface area contributed by atoms with E-state index < -0.39 is 14.5 Å². The van der Waals surface area contributed by atoms with Crippen molar-refractivity contribution in [3.05, 3.63) is 144 Å². The van der Waals surface area contributed by atoms with E-state index in [0.717, 1.165) is 22.6 Å². The first kappa shape index (κ1) is 68.9. The molecular formula is C62H93B2F8N3NiP4+4. The molecule has 2 saturated heterocycles. The average Bonchev–Trinajstić information content (AvgIpc) is 3.47. The maximum atomic E-state index is 9.75. The fraction of sp³-hybridized carbons (Fsp3) is 0.597. The van der Waals surface area contributed by atoms with Crippen molar-refractivity contribution in [2.45, 2.75) is 183 Å². The van der Waals surface area contributed by atoms with Gasteiger partial charge in [0.15, 0.2) is 0 Å². The molecule has 4 atom stereocenters. The predicted octanol–water partition coefficient (Wildman–Crippen LogP) is 20.1. The summed E-state index contributed by atoms with van der Waals surface area (Å²) in [4.78, 5) is 6.10. The summed E-state index contributed by atoms with van der Waals surface area (Å²) >= 11 is 0. The number of rotatable bonds is 10. The molecule has 2 aliphatic heterocycles. The number of benzene rings is 4. The van der Waals surface area contributed by atoms with Gasteiger partial charge in [-0.1, -0.05) is 147 Å². The zero-order valence-corrected chi connectivity index (χ0v) is 52.5. The average molecular weight is 1240 g/mol. The molecule has 3 nitrogen and oxygen atoms in total. The van der Waals surface area contributed by atoms with Crippen LogP contribution >= 0.6 is 31.7 Å². The molecule has 6 aliphatic rings. The molecule has 18 heteroatoms. The van der Waals surface area contributed by atoms with Crippen molar-refractivity contribution in [3.8, 4) is 6.07 Å². The summed E-state index contributed by atoms with van der Waals surface area (Å²) in [7, 11) is -13.3. The Morgan fingerprint density at radius 2 is 0.537 bits per heavy atom. The Morgan fingerprint density at radius 1 is 0.362 bits per heavy atom. The molecular weight excluding hydrogens is 1140 g/mol. The third-order valence-corrected chi connectivity index (χ3v) is 31.7. The molecule has 2 heterocycles. The second-order valence-corrected chi connectivity index (χ2v) is 34.9. The molecule has 80 heavy (non-hydrogen) atoms. The van der Waals surface area contributed by atoms with Gasteiger partial charge in [-0.25, -0.2) is 9.80 Å². The van der Waals surface area contributed by atoms with Gasteiger partial charge in [0.25, 0.3) is 0 Å². The Balaban J connectivity index is 0.000000239. The second kappa shape index (κ2) is 37.5. The van der Waals surface area contributed by atoms with Crippen molar-refractivity contribution in [3.63, 3.8) is 0 Å². The molecule has 444 valence electrons. The van der Waals surface area contributed by atoms with Crippen molar-refractivity contribution in [2.24, 2.45) is 0 Å². The molecule has 4 aliphatic carbocycles. The molecule has 4 unspecified atom stereocenters. The number of hydrogen-bond acceptors (Lipinski definition) is 3. The number of hydrogen-bond donors (Lipinski definition) is 0. The van der Waals surface area contributed by atoms with Crippen LogP contribution in [-0.2, 0) is 16.5 Å². The first-order valence-electron chi connectivity index (χ1n) is 30.3. The van der Waals surface area contributed by atoms with Crippen LogP contribution in [0.1, 0.15) is 183 Å². The fourth-order valence-corrected chi connectivity index (χ4v) is 29.2. The van der Waals surface area contributed by atoms with E-state index in [2.05, 4.69) is 131 Å². The van der Waals surface area contributed by atoms with Crippen LogP contribution in [0.15, 0.2) is 121 Å². The molecule has 0 radical (unpaired) electrons. The summed E-state index contributed by atoms with van der Waals surface area (Å²) < 4.78 is 78.0. The number of nitriles is 1. The Bertz CT molecular complexity index is 1960. The third-order valence-electron chi connectivity index (χ3n) is 17.5. The minimum atomic E-state index is -6.00. The molecule has 0 aromatic heterocycles. The van der Waals surface area contributed by atoms with E-state index >= 15 is 0 Å². The molecule has 6 fully saturated rings. The molecule has 0 N–H and O–H groups in total. The summed E-state index contributed by atoms with van der Waals surface area (Å²) in [5.74, 6) is 0. The van der Waals surface area contributed by atoms with E-state index in [-0.39, 0.29) is 48.2 Å². The summed E-state index contributed by atoms with van der Waals surface area (Å²) in [6, 6.07) is 48.7. The first-order chi connectivity index (χ1) is 38.2. The Morgan fingerprint density at radius 3 is 0.713 bits per heavy atom. The topological polar surface area (TPSA) is 30.3 Å². The van der Waals surface area contributed by atoms with Crippen LogP contribution in [0.2, 0.25) is 0 Å². The Hall–Kier alpha value is -1.93. The van der Waals surface area contributed by atoms with Crippen molar-refractivity contribution in [1.29, 1.82) is 5.26 Å². The predicted molar refractivity (Wildman–Crippen MR) is 334 cm³/mol. The van der Waals surface area contributed by atoms with E-state index in [1.165, 1.54) is 183 Å². The minimum absolute atomic E-state index is 0. The van der Waals surface area contributed by atoms with Gasteiger partial charge in [0.1, 0.15) is 25.1 Å². The molecule has 0 spiro atoms. The normalized spacial score (nSPS) is 23.6. The van der Waals surface area contributed by atoms with Crippen LogP contribution in [0.25, 0.3) is 0 Å². The van der Waals surface area contributed by atoms with Gasteiger partial charge in [0.2, 0.25) is 0 Å². The van der Waals surface area contributed by atoms with Crippen molar-refractivity contribution in [2.75, 3.05) is 49.8 Å². The van der Waals surface area contributed by atoms with Gasteiger partial charge in [-0.05, 0) is 125 Å². The van der Waals surface area contributed by atoms with Gasteiger partial charge >= 0.3 is 31.0 Å². The van der Waals surface area contributed by atoms with Crippen LogP contribution in [0, 0.1) is 11.3 Å². The minimum Gasteiger partial charge on any atom is -0.418 e. The van der Waals surface area contributed by atoms with Gasteiger partial charge in [0.05, 0.1) is 65.4 Å². The van der Waals surface area contributed by atoms with Crippen LogP contribution in [0.4, 0.5) is 34.5 Å². The van der Waals surface area contributed by atoms with E-state index in [9.17, 15) is 34.5 Å². The molecule has 4 aromatic rings. The van der Waals surface area contributed by atoms with Crippen LogP contribution in [-0.4, -0.2) is 96.7 Å². The van der Waals surface area contributed by atoms with Crippen molar-refractivity contribution in [1.82, 2.24) is 9.80 Å². The summed E-state index contributed by atoms with van der Waals surface area (Å²) in [6.07, 6.45) is 45.3. The van der Waals surface area contributed by atoms with Crippen molar-refractivity contribution < 1.29 is 51.0 Å². The summed E-state index contributed by atoms with van der Waals surface area (Å²) in [6.45, 7) is 1.43. The molecule has 0 bridgehead atoms. The van der Waals surface area contributed by atoms with Crippen LogP contribution in [0.5, 0.6) is 0 Å². The first-order valence-corrected chi connectivity index (χ1v) is 38.3. The monoisotopic (exact) mass is 1240 g/mol. The summed E-state index contributed by atoms with van der Waals surface area (Å²) in [5.41, 5.74) is 10.3. The maximum Gasteiger partial charge on any atom is 2.00 e. The third kappa shape index (κ3) is 25.3. The summed E-state index contributed by atoms with van der Waals surface area (Å²) in [5, 5.41) is 7.32. The van der Waals surface area contributed by atoms with Crippen LogP contribution < -0.4 is 0 Å². The van der Waals surface area contributed by atoms with E-state index in [1.54, 1.807) is 43.6 Å². The molecule has 4 saturated carbocycles. The van der Waals surface area contributed by atoms with Gasteiger partial charge < -0.3 is 34.5 Å². The van der Waals surface area contributed by atoms with Gasteiger partial charge in [-0.2, -0.15) is 5.26 Å². The van der Waals surface area contributed by atoms with E-state index in [0.29, 0.717) is 12.1 Å². The van der Waals surface area contributed by atoms with Gasteiger partial charge in [-0.3, -0.25) is 0 Å².